The molecule has 1 nitrogen and oxygen atoms in total. The molecule has 0 unspecified atom stereocenters. The number of unbranched alkanes of at least 4 members (excludes halogenated alkanes) is 1. The predicted octanol–water partition coefficient (Wildman–Crippen LogP) is 7.16. The summed E-state index contributed by atoms with van der Waals surface area (Å²) < 4.78 is 42.0. The third-order valence-electron chi connectivity index (χ3n) is 4.91. The van der Waals surface area contributed by atoms with E-state index in [2.05, 4.69) is 0 Å². The van der Waals surface area contributed by atoms with Gasteiger partial charge >= 0.3 is 6.18 Å². The van der Waals surface area contributed by atoms with Gasteiger partial charge in [-0.3, -0.25) is 0 Å². The summed E-state index contributed by atoms with van der Waals surface area (Å²) in [5.74, 6) is 0. The van der Waals surface area contributed by atoms with Gasteiger partial charge in [-0.2, -0.15) is 13.2 Å². The maximum absolute atomic E-state index is 14.0. The van der Waals surface area contributed by atoms with E-state index in [0.29, 0.717) is 12.8 Å². The molecule has 0 aliphatic rings. The van der Waals surface area contributed by atoms with Crippen LogP contribution < -0.4 is 0 Å². The van der Waals surface area contributed by atoms with E-state index in [9.17, 15) is 13.2 Å². The third-order valence-corrected chi connectivity index (χ3v) is 4.91. The summed E-state index contributed by atoms with van der Waals surface area (Å²) in [4.78, 5) is 1.44. The summed E-state index contributed by atoms with van der Waals surface area (Å²) in [7, 11) is 0. The van der Waals surface area contributed by atoms with Crippen LogP contribution >= 0.6 is 0 Å². The van der Waals surface area contributed by atoms with E-state index in [1.54, 1.807) is 0 Å². The monoisotopic (exact) mass is 409 g/mol. The van der Waals surface area contributed by atoms with Crippen molar-refractivity contribution in [3.05, 3.63) is 119 Å². The molecule has 0 aliphatic carbocycles. The fourth-order valence-corrected chi connectivity index (χ4v) is 3.45. The zero-order valence-electron chi connectivity index (χ0n) is 16.9. The molecule has 4 heteroatoms. The quantitative estimate of drug-likeness (QED) is 0.339. The smallest absolute Gasteiger partial charge is 0.359 e. The highest BCUT2D eigenvalue weighted by Crippen LogP contribution is 2.31. The summed E-state index contributed by atoms with van der Waals surface area (Å²) in [5.41, 5.74) is 2.29. The van der Waals surface area contributed by atoms with Crippen LogP contribution in [0.1, 0.15) is 29.5 Å². The Bertz CT molecular complexity index is 862. The number of aryl methyl sites for hydroxylation is 1. The molecular weight excluding hydrogens is 383 g/mol. The highest BCUT2D eigenvalue weighted by atomic mass is 19.4. The van der Waals surface area contributed by atoms with Gasteiger partial charge < -0.3 is 4.90 Å². The van der Waals surface area contributed by atoms with E-state index in [1.807, 2.05) is 91.0 Å². The van der Waals surface area contributed by atoms with Crippen molar-refractivity contribution in [1.29, 1.82) is 0 Å². The van der Waals surface area contributed by atoms with Gasteiger partial charge in [0.15, 0.2) is 0 Å². The summed E-state index contributed by atoms with van der Waals surface area (Å²) in [6, 6.07) is 28.5. The molecule has 3 aromatic rings. The first-order valence-electron chi connectivity index (χ1n) is 10.2. The molecule has 0 N–H and O–H groups in total. The Morgan fingerprint density at radius 2 is 1.10 bits per heavy atom. The van der Waals surface area contributed by atoms with Crippen LogP contribution in [0.3, 0.4) is 0 Å². The van der Waals surface area contributed by atoms with Crippen LogP contribution in [-0.2, 0) is 19.5 Å². The van der Waals surface area contributed by atoms with E-state index in [0.717, 1.165) is 23.1 Å². The highest BCUT2D eigenvalue weighted by molar-refractivity contribution is 5.21. The van der Waals surface area contributed by atoms with Crippen molar-refractivity contribution in [3.8, 4) is 0 Å². The van der Waals surface area contributed by atoms with Gasteiger partial charge in [-0.05, 0) is 36.0 Å². The number of halogens is 3. The lowest BCUT2D eigenvalue weighted by molar-refractivity contribution is -0.113. The van der Waals surface area contributed by atoms with Crippen LogP contribution in [0.25, 0.3) is 0 Å². The number of hydrogen-bond donors (Lipinski definition) is 0. The van der Waals surface area contributed by atoms with Gasteiger partial charge in [0, 0.05) is 13.1 Å². The lowest BCUT2D eigenvalue weighted by Gasteiger charge is -2.29. The summed E-state index contributed by atoms with van der Waals surface area (Å²) in [5, 5.41) is 0. The Kier molecular flexibility index (Phi) is 7.72. The Morgan fingerprint density at radius 1 is 0.667 bits per heavy atom. The van der Waals surface area contributed by atoms with Gasteiger partial charge in [0.05, 0.1) is 0 Å². The Labute approximate surface area is 176 Å². The van der Waals surface area contributed by atoms with E-state index in [-0.39, 0.29) is 13.1 Å². The standard InChI is InChI=1S/C26H26F3N/c27-26(28,29)25(19-11-10-14-22-12-4-1-5-13-22)30(20-23-15-6-2-7-16-23)21-24-17-8-3-9-18-24/h1-9,12-13,15-19H,10-11,14,20-21H2/b25-19+. The number of nitrogens with zero attached hydrogens (tertiary/aromatic N) is 1. The van der Waals surface area contributed by atoms with E-state index < -0.39 is 11.9 Å². The van der Waals surface area contributed by atoms with Crippen molar-refractivity contribution in [3.63, 3.8) is 0 Å². The number of alkyl halides is 3. The maximum Gasteiger partial charge on any atom is 0.430 e. The van der Waals surface area contributed by atoms with Crippen molar-refractivity contribution in [2.45, 2.75) is 38.5 Å². The van der Waals surface area contributed by atoms with Gasteiger partial charge in [0.25, 0.3) is 0 Å². The largest absolute Gasteiger partial charge is 0.430 e. The summed E-state index contributed by atoms with van der Waals surface area (Å²) in [6.45, 7) is 0.416. The second kappa shape index (κ2) is 10.7. The topological polar surface area (TPSA) is 3.24 Å². The molecule has 0 amide bonds. The van der Waals surface area contributed by atoms with Gasteiger partial charge in [0.1, 0.15) is 5.70 Å². The Morgan fingerprint density at radius 3 is 1.53 bits per heavy atom. The Hall–Kier alpha value is -3.01. The second-order valence-electron chi connectivity index (χ2n) is 7.29. The molecule has 0 radical (unpaired) electrons. The van der Waals surface area contributed by atoms with Gasteiger partial charge in [-0.25, -0.2) is 0 Å². The third kappa shape index (κ3) is 6.80. The average Bonchev–Trinajstić information content (AvgIpc) is 2.75. The molecule has 156 valence electrons. The van der Waals surface area contributed by atoms with E-state index >= 15 is 0 Å². The van der Waals surface area contributed by atoms with Gasteiger partial charge in [-0.1, -0.05) is 97.1 Å². The SMILES string of the molecule is FC(F)(F)/C(=C\CCCc1ccccc1)N(Cc1ccccc1)Cc1ccccc1. The van der Waals surface area contributed by atoms with Gasteiger partial charge in [-0.15, -0.1) is 0 Å². The fraction of sp³-hybridized carbons (Fsp3) is 0.231. The molecule has 0 saturated carbocycles. The molecule has 30 heavy (non-hydrogen) atoms. The van der Waals surface area contributed by atoms with E-state index in [1.165, 1.54) is 11.0 Å². The first-order valence-corrected chi connectivity index (χ1v) is 10.2. The summed E-state index contributed by atoms with van der Waals surface area (Å²) in [6.07, 6.45) is -1.23. The molecule has 3 aromatic carbocycles. The van der Waals surface area contributed by atoms with Crippen LogP contribution in [0.15, 0.2) is 103 Å². The molecule has 3 rings (SSSR count). The van der Waals surface area contributed by atoms with Crippen molar-refractivity contribution in [1.82, 2.24) is 4.90 Å². The number of benzene rings is 3. The van der Waals surface area contributed by atoms with E-state index in [4.69, 9.17) is 0 Å². The average molecular weight is 409 g/mol. The second-order valence-corrected chi connectivity index (χ2v) is 7.29. The Balaban J connectivity index is 1.79. The lowest BCUT2D eigenvalue weighted by Crippen LogP contribution is -2.31. The number of hydrogen-bond acceptors (Lipinski definition) is 1. The highest BCUT2D eigenvalue weighted by Gasteiger charge is 2.37. The molecular formula is C26H26F3N. The molecule has 0 aliphatic heterocycles. The minimum atomic E-state index is -4.41. The first-order chi connectivity index (χ1) is 14.5. The molecule has 0 heterocycles. The molecule has 0 bridgehead atoms. The van der Waals surface area contributed by atoms with Crippen LogP contribution in [0.4, 0.5) is 13.2 Å². The van der Waals surface area contributed by atoms with Crippen molar-refractivity contribution in [2.24, 2.45) is 0 Å². The van der Waals surface area contributed by atoms with Crippen molar-refractivity contribution >= 4 is 0 Å². The molecule has 0 aromatic heterocycles. The maximum atomic E-state index is 14.0. The number of rotatable bonds is 9. The van der Waals surface area contributed by atoms with Crippen molar-refractivity contribution in [2.75, 3.05) is 0 Å². The zero-order valence-corrected chi connectivity index (χ0v) is 16.9. The number of allylic oxidation sites excluding steroid dienone is 2. The van der Waals surface area contributed by atoms with Gasteiger partial charge in [0.2, 0.25) is 0 Å². The molecule has 0 fully saturated rings. The zero-order chi connectivity index (χ0) is 21.2. The molecule has 0 atom stereocenters. The minimum absolute atomic E-state index is 0.208. The molecule has 0 spiro atoms. The van der Waals surface area contributed by atoms with Crippen LogP contribution in [-0.4, -0.2) is 11.1 Å². The summed E-state index contributed by atoms with van der Waals surface area (Å²) >= 11 is 0. The van der Waals surface area contributed by atoms with Crippen LogP contribution in [0, 0.1) is 0 Å². The fourth-order valence-electron chi connectivity index (χ4n) is 3.45. The van der Waals surface area contributed by atoms with Crippen LogP contribution in [0.5, 0.6) is 0 Å². The van der Waals surface area contributed by atoms with Crippen LogP contribution in [0.2, 0.25) is 0 Å². The first kappa shape index (κ1) is 21.7. The minimum Gasteiger partial charge on any atom is -0.359 e. The normalized spacial score (nSPS) is 12.0. The predicted molar refractivity (Wildman–Crippen MR) is 116 cm³/mol. The molecule has 0 saturated heterocycles. The lowest BCUT2D eigenvalue weighted by atomic mass is 10.1. The van der Waals surface area contributed by atoms with Crippen molar-refractivity contribution < 1.29 is 13.2 Å².